The molecule has 0 spiro atoms. The van der Waals surface area contributed by atoms with Gasteiger partial charge in [-0.25, -0.2) is 13.6 Å². The van der Waals surface area contributed by atoms with Crippen LogP contribution in [-0.2, 0) is 4.79 Å². The second kappa shape index (κ2) is 5.27. The van der Waals surface area contributed by atoms with E-state index < -0.39 is 17.6 Å². The van der Waals surface area contributed by atoms with Gasteiger partial charge in [0.15, 0.2) is 11.6 Å². The van der Waals surface area contributed by atoms with Crippen molar-refractivity contribution in [3.63, 3.8) is 0 Å². The Morgan fingerprint density at radius 2 is 2.11 bits per heavy atom. The van der Waals surface area contributed by atoms with E-state index in [-0.39, 0.29) is 12.1 Å². The van der Waals surface area contributed by atoms with Gasteiger partial charge >= 0.3 is 5.97 Å². The van der Waals surface area contributed by atoms with Crippen LogP contribution in [0.25, 0.3) is 0 Å². The zero-order valence-electron chi connectivity index (χ0n) is 9.57. The fraction of sp³-hybridized carbons (Fsp3) is 0.308. The van der Waals surface area contributed by atoms with E-state index in [0.29, 0.717) is 5.56 Å². The Morgan fingerprint density at radius 3 is 2.78 bits per heavy atom. The summed E-state index contributed by atoms with van der Waals surface area (Å²) in [6.45, 7) is 0. The Labute approximate surface area is 103 Å². The minimum Gasteiger partial charge on any atom is -0.478 e. The van der Waals surface area contributed by atoms with Gasteiger partial charge in [-0.15, -0.1) is 0 Å². The molecule has 1 aliphatic heterocycles. The standard InChI is InChI=1S/C13H13F2NO2/c14-10-4-1-8(7-11(10)15)12-5-2-9(16-12)3-6-13(17)18/h1,3-4,6-7,9,12,16H,2,5H2,(H,17,18)/t9-,12+/m0/s1. The third kappa shape index (κ3) is 2.92. The van der Waals surface area contributed by atoms with E-state index in [2.05, 4.69) is 5.32 Å². The number of hydrogen-bond acceptors (Lipinski definition) is 2. The van der Waals surface area contributed by atoms with Crippen LogP contribution in [0.15, 0.2) is 30.4 Å². The minimum atomic E-state index is -0.993. The molecular formula is C13H13F2NO2. The lowest BCUT2D eigenvalue weighted by molar-refractivity contribution is -0.131. The predicted molar refractivity (Wildman–Crippen MR) is 62.0 cm³/mol. The van der Waals surface area contributed by atoms with Gasteiger partial charge in [0.05, 0.1) is 0 Å². The van der Waals surface area contributed by atoms with E-state index in [1.165, 1.54) is 6.07 Å². The maximum absolute atomic E-state index is 13.1. The van der Waals surface area contributed by atoms with Gasteiger partial charge in [-0.1, -0.05) is 12.1 Å². The summed E-state index contributed by atoms with van der Waals surface area (Å²) < 4.78 is 25.9. The molecule has 1 saturated heterocycles. The fourth-order valence-corrected chi connectivity index (χ4v) is 2.11. The van der Waals surface area contributed by atoms with Crippen LogP contribution in [0.3, 0.4) is 0 Å². The molecule has 0 radical (unpaired) electrons. The van der Waals surface area contributed by atoms with Crippen LogP contribution in [0.1, 0.15) is 24.4 Å². The molecule has 1 heterocycles. The van der Waals surface area contributed by atoms with Crippen LogP contribution in [0.2, 0.25) is 0 Å². The number of carbonyl (C=O) groups is 1. The Balaban J connectivity index is 2.04. The van der Waals surface area contributed by atoms with E-state index in [1.807, 2.05) is 0 Å². The van der Waals surface area contributed by atoms with Crippen LogP contribution in [0.5, 0.6) is 0 Å². The van der Waals surface area contributed by atoms with Gasteiger partial charge in [0.2, 0.25) is 0 Å². The molecule has 0 unspecified atom stereocenters. The maximum atomic E-state index is 13.1. The van der Waals surface area contributed by atoms with Gasteiger partial charge in [-0.2, -0.15) is 0 Å². The SMILES string of the molecule is O=C(O)C=C[C@@H]1CC[C@H](c2ccc(F)c(F)c2)N1. The van der Waals surface area contributed by atoms with Crippen LogP contribution in [-0.4, -0.2) is 17.1 Å². The van der Waals surface area contributed by atoms with E-state index >= 15 is 0 Å². The van der Waals surface area contributed by atoms with Crippen molar-refractivity contribution >= 4 is 5.97 Å². The number of aliphatic carboxylic acids is 1. The quantitative estimate of drug-likeness (QED) is 0.813. The molecule has 2 N–H and O–H groups in total. The smallest absolute Gasteiger partial charge is 0.328 e. The molecule has 1 aromatic rings. The summed E-state index contributed by atoms with van der Waals surface area (Å²) in [6, 6.07) is 3.71. The summed E-state index contributed by atoms with van der Waals surface area (Å²) in [5.74, 6) is -2.72. The molecule has 2 atom stereocenters. The highest BCUT2D eigenvalue weighted by Crippen LogP contribution is 2.27. The second-order valence-electron chi connectivity index (χ2n) is 4.27. The summed E-state index contributed by atoms with van der Waals surface area (Å²) in [6.07, 6.45) is 4.20. The average molecular weight is 253 g/mol. The Hall–Kier alpha value is -1.75. The highest BCUT2D eigenvalue weighted by atomic mass is 19.2. The molecule has 1 fully saturated rings. The summed E-state index contributed by atoms with van der Waals surface area (Å²) in [4.78, 5) is 10.4. The Morgan fingerprint density at radius 1 is 1.33 bits per heavy atom. The molecule has 1 aromatic carbocycles. The number of carboxylic acid groups (broad SMARTS) is 1. The summed E-state index contributed by atoms with van der Waals surface area (Å²) in [5, 5.41) is 11.7. The van der Waals surface area contributed by atoms with Crippen molar-refractivity contribution in [3.05, 3.63) is 47.5 Å². The van der Waals surface area contributed by atoms with Crippen molar-refractivity contribution in [2.45, 2.75) is 24.9 Å². The first-order chi connectivity index (χ1) is 8.56. The number of benzene rings is 1. The van der Waals surface area contributed by atoms with Gasteiger partial charge in [-0.05, 0) is 30.5 Å². The molecule has 1 aliphatic rings. The normalized spacial score (nSPS) is 23.7. The highest BCUT2D eigenvalue weighted by Gasteiger charge is 2.23. The first-order valence-corrected chi connectivity index (χ1v) is 5.68. The number of hydrogen-bond donors (Lipinski definition) is 2. The monoisotopic (exact) mass is 253 g/mol. The average Bonchev–Trinajstić information content (AvgIpc) is 2.79. The van der Waals surface area contributed by atoms with Crippen LogP contribution >= 0.6 is 0 Å². The molecule has 18 heavy (non-hydrogen) atoms. The lowest BCUT2D eigenvalue weighted by atomic mass is 10.1. The molecule has 0 aromatic heterocycles. The lowest BCUT2D eigenvalue weighted by Gasteiger charge is -2.12. The molecule has 0 aliphatic carbocycles. The third-order valence-corrected chi connectivity index (χ3v) is 3.00. The summed E-state index contributed by atoms with van der Waals surface area (Å²) in [7, 11) is 0. The molecule has 96 valence electrons. The second-order valence-corrected chi connectivity index (χ2v) is 4.27. The Kier molecular flexibility index (Phi) is 3.72. The molecule has 0 saturated carbocycles. The number of rotatable bonds is 3. The predicted octanol–water partition coefficient (Wildman–Crippen LogP) is 2.40. The van der Waals surface area contributed by atoms with Crippen molar-refractivity contribution in [2.24, 2.45) is 0 Å². The van der Waals surface area contributed by atoms with Crippen molar-refractivity contribution in [2.75, 3.05) is 0 Å². The lowest BCUT2D eigenvalue weighted by Crippen LogP contribution is -2.22. The minimum absolute atomic E-state index is 0.0424. The van der Waals surface area contributed by atoms with Crippen LogP contribution < -0.4 is 5.32 Å². The fourth-order valence-electron chi connectivity index (χ4n) is 2.11. The van der Waals surface area contributed by atoms with Crippen molar-refractivity contribution in [3.8, 4) is 0 Å². The van der Waals surface area contributed by atoms with E-state index in [1.54, 1.807) is 12.1 Å². The largest absolute Gasteiger partial charge is 0.478 e. The molecule has 0 amide bonds. The van der Waals surface area contributed by atoms with Crippen molar-refractivity contribution in [1.29, 1.82) is 0 Å². The van der Waals surface area contributed by atoms with E-state index in [9.17, 15) is 13.6 Å². The van der Waals surface area contributed by atoms with E-state index in [4.69, 9.17) is 5.11 Å². The van der Waals surface area contributed by atoms with Crippen LogP contribution in [0.4, 0.5) is 8.78 Å². The zero-order chi connectivity index (χ0) is 13.1. The number of halogens is 2. The number of nitrogens with one attached hydrogen (secondary N) is 1. The summed E-state index contributed by atoms with van der Waals surface area (Å²) >= 11 is 0. The maximum Gasteiger partial charge on any atom is 0.328 e. The third-order valence-electron chi connectivity index (χ3n) is 3.00. The van der Waals surface area contributed by atoms with Crippen molar-refractivity contribution in [1.82, 2.24) is 5.32 Å². The van der Waals surface area contributed by atoms with Crippen LogP contribution in [0, 0.1) is 11.6 Å². The van der Waals surface area contributed by atoms with Gasteiger partial charge in [0.1, 0.15) is 0 Å². The zero-order valence-corrected chi connectivity index (χ0v) is 9.57. The first-order valence-electron chi connectivity index (χ1n) is 5.68. The van der Waals surface area contributed by atoms with Gasteiger partial charge in [0, 0.05) is 18.2 Å². The van der Waals surface area contributed by atoms with Gasteiger partial charge in [-0.3, -0.25) is 0 Å². The molecule has 0 bridgehead atoms. The molecule has 2 rings (SSSR count). The molecule has 5 heteroatoms. The number of carboxylic acids is 1. The molecular weight excluding hydrogens is 240 g/mol. The van der Waals surface area contributed by atoms with Crippen molar-refractivity contribution < 1.29 is 18.7 Å². The molecule has 3 nitrogen and oxygen atoms in total. The van der Waals surface area contributed by atoms with Gasteiger partial charge < -0.3 is 10.4 Å². The first kappa shape index (κ1) is 12.7. The highest BCUT2D eigenvalue weighted by molar-refractivity contribution is 5.79. The Bertz CT molecular complexity index is 488. The summed E-state index contributed by atoms with van der Waals surface area (Å²) in [5.41, 5.74) is 0.681. The van der Waals surface area contributed by atoms with Gasteiger partial charge in [0.25, 0.3) is 0 Å². The van der Waals surface area contributed by atoms with E-state index in [0.717, 1.165) is 25.0 Å². The topological polar surface area (TPSA) is 49.3 Å².